The average Bonchev–Trinajstić information content (AvgIpc) is 3.07. The summed E-state index contributed by atoms with van der Waals surface area (Å²) in [7, 11) is 0. The van der Waals surface area contributed by atoms with Crippen LogP contribution in [0.4, 0.5) is 5.69 Å². The molecule has 20 heavy (non-hydrogen) atoms. The Kier molecular flexibility index (Phi) is 3.50. The van der Waals surface area contributed by atoms with Crippen LogP contribution in [0.2, 0.25) is 0 Å². The fourth-order valence-electron chi connectivity index (χ4n) is 2.92. The number of aromatic nitrogens is 1. The summed E-state index contributed by atoms with van der Waals surface area (Å²) in [6.45, 7) is 13.8. The monoisotopic (exact) mass is 267 g/mol. The van der Waals surface area contributed by atoms with Gasteiger partial charge in [-0.05, 0) is 60.3 Å². The summed E-state index contributed by atoms with van der Waals surface area (Å²) >= 11 is 0. The topological polar surface area (TPSA) is 32.2 Å². The van der Waals surface area contributed by atoms with Crippen molar-refractivity contribution in [3.05, 3.63) is 41.4 Å². The van der Waals surface area contributed by atoms with E-state index in [1.54, 1.807) is 0 Å². The van der Waals surface area contributed by atoms with E-state index in [4.69, 9.17) is 6.57 Å². The molecule has 0 saturated heterocycles. The van der Waals surface area contributed by atoms with Crippen molar-refractivity contribution in [1.29, 1.82) is 0 Å². The maximum Gasteiger partial charge on any atom is 0.187 e. The number of nitrogens with zero attached hydrogens (tertiary/aromatic N) is 1. The minimum Gasteiger partial charge on any atom is -0.361 e. The quantitative estimate of drug-likeness (QED) is 0.786. The second-order valence-corrected chi connectivity index (χ2v) is 6.24. The van der Waals surface area contributed by atoms with Crippen LogP contribution in [0.3, 0.4) is 0 Å². The molecule has 1 fully saturated rings. The number of nitrogens with one attached hydrogen (secondary N) is 2. The van der Waals surface area contributed by atoms with Crippen molar-refractivity contribution in [3.63, 3.8) is 0 Å². The van der Waals surface area contributed by atoms with Crippen LogP contribution >= 0.6 is 0 Å². The molecule has 2 N–H and O–H groups in total. The number of hydrogen-bond acceptors (Lipinski definition) is 1. The molecule has 0 spiro atoms. The van der Waals surface area contributed by atoms with E-state index in [-0.39, 0.29) is 0 Å². The number of benzene rings is 1. The third-order valence-corrected chi connectivity index (χ3v) is 4.11. The Morgan fingerprint density at radius 1 is 1.45 bits per heavy atom. The Bertz CT molecular complexity index is 648. The van der Waals surface area contributed by atoms with Crippen LogP contribution in [0.5, 0.6) is 0 Å². The maximum absolute atomic E-state index is 7.14. The minimum atomic E-state index is 0.657. The van der Waals surface area contributed by atoms with Gasteiger partial charge in [0.2, 0.25) is 0 Å². The van der Waals surface area contributed by atoms with Crippen molar-refractivity contribution in [1.82, 2.24) is 10.3 Å². The number of H-pyrrole nitrogens is 1. The van der Waals surface area contributed by atoms with E-state index < -0.39 is 0 Å². The van der Waals surface area contributed by atoms with Crippen molar-refractivity contribution >= 4 is 16.6 Å². The van der Waals surface area contributed by atoms with Crippen molar-refractivity contribution in [2.45, 2.75) is 26.2 Å². The summed E-state index contributed by atoms with van der Waals surface area (Å²) in [6.07, 6.45) is 3.39. The number of rotatable bonds is 5. The summed E-state index contributed by atoms with van der Waals surface area (Å²) in [6, 6.07) is 5.91. The summed E-state index contributed by atoms with van der Waals surface area (Å²) in [5, 5.41) is 4.78. The van der Waals surface area contributed by atoms with Crippen LogP contribution in [0.15, 0.2) is 24.4 Å². The number of hydrogen-bond donors (Lipinski definition) is 2. The zero-order valence-electron chi connectivity index (χ0n) is 12.1. The second-order valence-electron chi connectivity index (χ2n) is 6.24. The van der Waals surface area contributed by atoms with Gasteiger partial charge in [-0.25, -0.2) is 4.85 Å². The first kappa shape index (κ1) is 13.2. The molecule has 0 radical (unpaired) electrons. The van der Waals surface area contributed by atoms with Crippen molar-refractivity contribution in [3.8, 4) is 0 Å². The first-order valence-corrected chi connectivity index (χ1v) is 7.38. The molecule has 0 bridgehead atoms. The van der Waals surface area contributed by atoms with Crippen molar-refractivity contribution in [2.75, 3.05) is 13.1 Å². The van der Waals surface area contributed by atoms with E-state index >= 15 is 0 Å². The van der Waals surface area contributed by atoms with Crippen molar-refractivity contribution < 1.29 is 0 Å². The summed E-state index contributed by atoms with van der Waals surface area (Å²) in [5.74, 6) is 2.12. The standard InChI is InChI=1S/C17H21N3/c1-11(2)8-19-9-12-6-14(12)16-10-20-17-5-4-13(18-3)7-15(16)17/h4-5,7,10-12,14,19-20H,6,8-9H2,1-2H3. The lowest BCUT2D eigenvalue weighted by Gasteiger charge is -2.06. The molecular weight excluding hydrogens is 246 g/mol. The van der Waals surface area contributed by atoms with Gasteiger partial charge in [0.1, 0.15) is 0 Å². The highest BCUT2D eigenvalue weighted by atomic mass is 14.9. The van der Waals surface area contributed by atoms with E-state index in [2.05, 4.69) is 35.2 Å². The number of aromatic amines is 1. The third kappa shape index (κ3) is 2.57. The molecule has 3 rings (SSSR count). The van der Waals surface area contributed by atoms with E-state index in [0.717, 1.165) is 30.2 Å². The molecule has 1 heterocycles. The second kappa shape index (κ2) is 5.30. The lowest BCUT2D eigenvalue weighted by atomic mass is 10.1. The molecule has 1 aromatic heterocycles. The molecule has 3 nitrogen and oxygen atoms in total. The van der Waals surface area contributed by atoms with Crippen LogP contribution in [-0.4, -0.2) is 18.1 Å². The van der Waals surface area contributed by atoms with Crippen LogP contribution < -0.4 is 5.32 Å². The highest BCUT2D eigenvalue weighted by Crippen LogP contribution is 2.49. The zero-order chi connectivity index (χ0) is 14.1. The van der Waals surface area contributed by atoms with Crippen LogP contribution in [0.25, 0.3) is 15.7 Å². The molecule has 1 aromatic carbocycles. The van der Waals surface area contributed by atoms with Gasteiger partial charge in [-0.15, -0.1) is 0 Å². The molecule has 2 unspecified atom stereocenters. The van der Waals surface area contributed by atoms with Gasteiger partial charge in [-0.2, -0.15) is 0 Å². The Morgan fingerprint density at radius 2 is 2.30 bits per heavy atom. The predicted octanol–water partition coefficient (Wildman–Crippen LogP) is 4.07. The summed E-state index contributed by atoms with van der Waals surface area (Å²) in [4.78, 5) is 6.87. The smallest absolute Gasteiger partial charge is 0.187 e. The van der Waals surface area contributed by atoms with Gasteiger partial charge in [0.15, 0.2) is 5.69 Å². The Morgan fingerprint density at radius 3 is 3.05 bits per heavy atom. The van der Waals surface area contributed by atoms with E-state index in [1.165, 1.54) is 17.4 Å². The Labute approximate surface area is 120 Å². The maximum atomic E-state index is 7.14. The largest absolute Gasteiger partial charge is 0.361 e. The lowest BCUT2D eigenvalue weighted by Crippen LogP contribution is -2.22. The fraction of sp³-hybridized carbons (Fsp3) is 0.471. The molecule has 1 aliphatic carbocycles. The SMILES string of the molecule is [C-]#[N+]c1ccc2[nH]cc(C3CC3CNCC(C)C)c2c1. The van der Waals surface area contributed by atoms with Crippen LogP contribution in [0.1, 0.15) is 31.7 Å². The fourth-order valence-corrected chi connectivity index (χ4v) is 2.92. The first-order chi connectivity index (χ1) is 9.69. The van der Waals surface area contributed by atoms with Gasteiger partial charge in [-0.1, -0.05) is 19.9 Å². The summed E-state index contributed by atoms with van der Waals surface area (Å²) < 4.78 is 0. The van der Waals surface area contributed by atoms with Crippen LogP contribution in [-0.2, 0) is 0 Å². The van der Waals surface area contributed by atoms with Gasteiger partial charge in [0.05, 0.1) is 6.57 Å². The minimum absolute atomic E-state index is 0.657. The van der Waals surface area contributed by atoms with Crippen LogP contribution in [0, 0.1) is 18.4 Å². The highest BCUT2D eigenvalue weighted by molar-refractivity contribution is 5.87. The molecule has 1 aliphatic rings. The lowest BCUT2D eigenvalue weighted by molar-refractivity contribution is 0.533. The molecule has 1 saturated carbocycles. The first-order valence-electron chi connectivity index (χ1n) is 7.38. The Hall–Kier alpha value is -1.79. The summed E-state index contributed by atoms with van der Waals surface area (Å²) in [5.41, 5.74) is 3.27. The zero-order valence-corrected chi connectivity index (χ0v) is 12.1. The predicted molar refractivity (Wildman–Crippen MR) is 83.1 cm³/mol. The molecule has 2 aromatic rings. The van der Waals surface area contributed by atoms with Gasteiger partial charge in [0.25, 0.3) is 0 Å². The van der Waals surface area contributed by atoms with Gasteiger partial charge < -0.3 is 10.3 Å². The van der Waals surface area contributed by atoms with E-state index in [0.29, 0.717) is 11.8 Å². The van der Waals surface area contributed by atoms with Gasteiger partial charge >= 0.3 is 0 Å². The van der Waals surface area contributed by atoms with Gasteiger partial charge in [0, 0.05) is 11.7 Å². The normalized spacial score (nSPS) is 21.3. The average molecular weight is 267 g/mol. The molecule has 2 atom stereocenters. The highest BCUT2D eigenvalue weighted by Gasteiger charge is 2.39. The van der Waals surface area contributed by atoms with Crippen molar-refractivity contribution in [2.24, 2.45) is 11.8 Å². The molecule has 0 aliphatic heterocycles. The number of fused-ring (bicyclic) bond motifs is 1. The van der Waals surface area contributed by atoms with E-state index in [1.807, 2.05) is 18.2 Å². The molecule has 3 heteroatoms. The molecule has 0 amide bonds. The molecular formula is C17H21N3. The third-order valence-electron chi connectivity index (χ3n) is 4.11. The van der Waals surface area contributed by atoms with Gasteiger partial charge in [-0.3, -0.25) is 0 Å². The van der Waals surface area contributed by atoms with E-state index in [9.17, 15) is 0 Å². The Balaban J connectivity index is 1.71. The molecule has 104 valence electrons.